The van der Waals surface area contributed by atoms with Crippen molar-refractivity contribution in [2.24, 2.45) is 0 Å². The van der Waals surface area contributed by atoms with Gasteiger partial charge in [-0.15, -0.1) is 0 Å². The summed E-state index contributed by atoms with van der Waals surface area (Å²) in [6.45, 7) is 9.68. The van der Waals surface area contributed by atoms with Crippen LogP contribution < -0.4 is 5.32 Å². The zero-order valence-electron chi connectivity index (χ0n) is 13.5. The van der Waals surface area contributed by atoms with E-state index in [0.29, 0.717) is 12.2 Å². The Kier molecular flexibility index (Phi) is 5.72. The number of carbonyl (C=O) groups excluding carboxylic acids is 1. The third-order valence-corrected chi connectivity index (χ3v) is 3.73. The van der Waals surface area contributed by atoms with Gasteiger partial charge in [0.05, 0.1) is 5.69 Å². The van der Waals surface area contributed by atoms with Gasteiger partial charge in [-0.25, -0.2) is 4.68 Å². The van der Waals surface area contributed by atoms with Crippen LogP contribution in [0.2, 0.25) is 0 Å². The summed E-state index contributed by atoms with van der Waals surface area (Å²) in [6.07, 6.45) is 0. The summed E-state index contributed by atoms with van der Waals surface area (Å²) in [4.78, 5) is 14.5. The van der Waals surface area contributed by atoms with Crippen molar-refractivity contribution < 1.29 is 4.79 Å². The van der Waals surface area contributed by atoms with Crippen molar-refractivity contribution in [3.63, 3.8) is 0 Å². The molecule has 0 saturated heterocycles. The number of nitrogens with one attached hydrogen (secondary N) is 1. The predicted octanol–water partition coefficient (Wildman–Crippen LogP) is 2.25. The summed E-state index contributed by atoms with van der Waals surface area (Å²) in [5.41, 5.74) is 2.36. The molecular weight excluding hydrogens is 276 g/mol. The van der Waals surface area contributed by atoms with Crippen LogP contribution in [0.4, 0.5) is 0 Å². The average Bonchev–Trinajstić information content (AvgIpc) is 2.94. The quantitative estimate of drug-likeness (QED) is 0.853. The number of rotatable bonds is 7. The van der Waals surface area contributed by atoms with E-state index < -0.39 is 0 Å². The molecule has 0 aliphatic heterocycles. The first-order valence-electron chi connectivity index (χ1n) is 7.78. The molecule has 0 radical (unpaired) electrons. The number of para-hydroxylation sites is 1. The van der Waals surface area contributed by atoms with Gasteiger partial charge in [-0.3, -0.25) is 4.79 Å². The van der Waals surface area contributed by atoms with Gasteiger partial charge in [0, 0.05) is 18.8 Å². The normalized spacial score (nSPS) is 10.9. The smallest absolute Gasteiger partial charge is 0.271 e. The van der Waals surface area contributed by atoms with E-state index >= 15 is 0 Å². The second-order valence-electron chi connectivity index (χ2n) is 5.20. The molecule has 1 heterocycles. The van der Waals surface area contributed by atoms with Crippen LogP contribution in [0.15, 0.2) is 36.4 Å². The Morgan fingerprint density at radius 3 is 2.55 bits per heavy atom. The minimum absolute atomic E-state index is 0.120. The van der Waals surface area contributed by atoms with E-state index in [1.54, 1.807) is 4.68 Å². The van der Waals surface area contributed by atoms with Gasteiger partial charge in [0.2, 0.25) is 0 Å². The van der Waals surface area contributed by atoms with Crippen molar-refractivity contribution in [1.82, 2.24) is 20.0 Å². The average molecular weight is 300 g/mol. The van der Waals surface area contributed by atoms with Crippen molar-refractivity contribution in [1.29, 1.82) is 0 Å². The van der Waals surface area contributed by atoms with Crippen LogP contribution in [0.5, 0.6) is 0 Å². The number of nitrogens with zero attached hydrogens (tertiary/aromatic N) is 3. The Morgan fingerprint density at radius 1 is 1.23 bits per heavy atom. The van der Waals surface area contributed by atoms with E-state index in [2.05, 4.69) is 29.2 Å². The Morgan fingerprint density at radius 2 is 1.91 bits per heavy atom. The van der Waals surface area contributed by atoms with Gasteiger partial charge in [0.1, 0.15) is 0 Å². The summed E-state index contributed by atoms with van der Waals surface area (Å²) in [5, 5.41) is 7.34. The fourth-order valence-corrected chi connectivity index (χ4v) is 2.37. The molecule has 5 heteroatoms. The fraction of sp³-hybridized carbons (Fsp3) is 0.412. The first-order chi connectivity index (χ1) is 10.7. The van der Waals surface area contributed by atoms with E-state index in [4.69, 9.17) is 0 Å². The zero-order chi connectivity index (χ0) is 15.9. The highest BCUT2D eigenvalue weighted by molar-refractivity contribution is 5.92. The van der Waals surface area contributed by atoms with Gasteiger partial charge < -0.3 is 10.2 Å². The molecule has 0 aliphatic rings. The van der Waals surface area contributed by atoms with E-state index in [1.807, 2.05) is 43.3 Å². The Labute approximate surface area is 131 Å². The maximum absolute atomic E-state index is 12.2. The second-order valence-corrected chi connectivity index (χ2v) is 5.20. The molecule has 2 rings (SSSR count). The van der Waals surface area contributed by atoms with Crippen molar-refractivity contribution in [3.05, 3.63) is 47.8 Å². The van der Waals surface area contributed by atoms with E-state index in [1.165, 1.54) is 0 Å². The number of aryl methyl sites for hydroxylation is 1. The summed E-state index contributed by atoms with van der Waals surface area (Å²) in [5.74, 6) is -0.120. The molecule has 1 aromatic heterocycles. The standard InChI is InChI=1S/C17H24N4O/c1-4-20(5-2)12-11-18-17(22)16-13-14(3)21(19-16)15-9-7-6-8-10-15/h6-10,13H,4-5,11-12H2,1-3H3,(H,18,22). The summed E-state index contributed by atoms with van der Waals surface area (Å²) >= 11 is 0. The highest BCUT2D eigenvalue weighted by Crippen LogP contribution is 2.11. The molecule has 0 bridgehead atoms. The topological polar surface area (TPSA) is 50.2 Å². The van der Waals surface area contributed by atoms with E-state index in [9.17, 15) is 4.79 Å². The zero-order valence-corrected chi connectivity index (χ0v) is 13.5. The highest BCUT2D eigenvalue weighted by atomic mass is 16.1. The molecule has 0 atom stereocenters. The van der Waals surface area contributed by atoms with Gasteiger partial charge in [0.15, 0.2) is 5.69 Å². The maximum atomic E-state index is 12.2. The number of aromatic nitrogens is 2. The van der Waals surface area contributed by atoms with Gasteiger partial charge in [0.25, 0.3) is 5.91 Å². The highest BCUT2D eigenvalue weighted by Gasteiger charge is 2.13. The van der Waals surface area contributed by atoms with Gasteiger partial charge >= 0.3 is 0 Å². The number of hydrogen-bond acceptors (Lipinski definition) is 3. The van der Waals surface area contributed by atoms with Crippen LogP contribution in [-0.4, -0.2) is 46.8 Å². The summed E-state index contributed by atoms with van der Waals surface area (Å²) in [7, 11) is 0. The largest absolute Gasteiger partial charge is 0.349 e. The number of benzene rings is 1. The molecule has 1 aromatic carbocycles. The van der Waals surface area contributed by atoms with Gasteiger partial charge in [-0.1, -0.05) is 32.0 Å². The Hall–Kier alpha value is -2.14. The first-order valence-corrected chi connectivity index (χ1v) is 7.78. The third kappa shape index (κ3) is 3.95. The molecule has 2 aromatic rings. The summed E-state index contributed by atoms with van der Waals surface area (Å²) < 4.78 is 1.79. The maximum Gasteiger partial charge on any atom is 0.271 e. The SMILES string of the molecule is CCN(CC)CCNC(=O)c1cc(C)n(-c2ccccc2)n1. The van der Waals surface area contributed by atoms with Gasteiger partial charge in [-0.05, 0) is 38.2 Å². The number of carbonyl (C=O) groups is 1. The summed E-state index contributed by atoms with van der Waals surface area (Å²) in [6, 6.07) is 11.6. The monoisotopic (exact) mass is 300 g/mol. The van der Waals surface area contributed by atoms with E-state index in [-0.39, 0.29) is 5.91 Å². The van der Waals surface area contributed by atoms with Gasteiger partial charge in [-0.2, -0.15) is 5.10 Å². The van der Waals surface area contributed by atoms with Crippen molar-refractivity contribution in [3.8, 4) is 5.69 Å². The molecule has 1 amide bonds. The van der Waals surface area contributed by atoms with Crippen molar-refractivity contribution in [2.45, 2.75) is 20.8 Å². The number of hydrogen-bond donors (Lipinski definition) is 1. The molecule has 118 valence electrons. The first kappa shape index (κ1) is 16.2. The lowest BCUT2D eigenvalue weighted by atomic mass is 10.3. The van der Waals surface area contributed by atoms with Crippen LogP contribution in [0.1, 0.15) is 30.0 Å². The number of amides is 1. The molecule has 1 N–H and O–H groups in total. The molecule has 0 aliphatic carbocycles. The van der Waals surface area contributed by atoms with E-state index in [0.717, 1.165) is 31.0 Å². The third-order valence-electron chi connectivity index (χ3n) is 3.73. The van der Waals surface area contributed by atoms with Crippen LogP contribution in [0.3, 0.4) is 0 Å². The van der Waals surface area contributed by atoms with Crippen LogP contribution in [-0.2, 0) is 0 Å². The lowest BCUT2D eigenvalue weighted by Crippen LogP contribution is -2.35. The lowest BCUT2D eigenvalue weighted by Gasteiger charge is -2.17. The van der Waals surface area contributed by atoms with Crippen LogP contribution >= 0.6 is 0 Å². The van der Waals surface area contributed by atoms with Crippen molar-refractivity contribution >= 4 is 5.91 Å². The lowest BCUT2D eigenvalue weighted by molar-refractivity contribution is 0.0943. The molecule has 0 fully saturated rings. The van der Waals surface area contributed by atoms with Crippen LogP contribution in [0.25, 0.3) is 5.69 Å². The van der Waals surface area contributed by atoms with Crippen LogP contribution in [0, 0.1) is 6.92 Å². The predicted molar refractivity (Wildman–Crippen MR) is 88.4 cm³/mol. The molecule has 5 nitrogen and oxygen atoms in total. The van der Waals surface area contributed by atoms with Crippen molar-refractivity contribution in [2.75, 3.05) is 26.2 Å². The molecule has 0 unspecified atom stereocenters. The fourth-order valence-electron chi connectivity index (χ4n) is 2.37. The Bertz CT molecular complexity index is 602. The molecule has 0 spiro atoms. The second kappa shape index (κ2) is 7.75. The molecular formula is C17H24N4O. The Balaban J connectivity index is 2.00. The molecule has 22 heavy (non-hydrogen) atoms. The molecule has 0 saturated carbocycles. The minimum atomic E-state index is -0.120. The minimum Gasteiger partial charge on any atom is -0.349 e. The number of likely N-dealkylation sites (N-methyl/N-ethyl adjacent to an activating group) is 1.